The van der Waals surface area contributed by atoms with E-state index in [2.05, 4.69) is 47.0 Å². The van der Waals surface area contributed by atoms with Gasteiger partial charge < -0.3 is 10.6 Å². The molecule has 0 unspecified atom stereocenters. The minimum atomic E-state index is 0.454. The third-order valence-electron chi connectivity index (χ3n) is 3.71. The van der Waals surface area contributed by atoms with Gasteiger partial charge in [-0.1, -0.05) is 6.07 Å². The molecule has 2 N–H and O–H groups in total. The Morgan fingerprint density at radius 1 is 1.00 bits per heavy atom. The van der Waals surface area contributed by atoms with Crippen LogP contribution in [0, 0.1) is 13.8 Å². The van der Waals surface area contributed by atoms with Gasteiger partial charge in [0.2, 0.25) is 11.9 Å². The molecule has 0 saturated carbocycles. The number of piperidine rings is 1. The van der Waals surface area contributed by atoms with Gasteiger partial charge in [0.05, 0.1) is 5.69 Å². The molecule has 0 aliphatic carbocycles. The maximum absolute atomic E-state index is 6.04. The van der Waals surface area contributed by atoms with E-state index in [9.17, 15) is 0 Å². The summed E-state index contributed by atoms with van der Waals surface area (Å²) in [5, 5.41) is 4.59. The number of nitrogen functional groups attached to an aromatic ring is 1. The van der Waals surface area contributed by atoms with Gasteiger partial charge in [0, 0.05) is 13.1 Å². The van der Waals surface area contributed by atoms with Gasteiger partial charge in [-0.15, -0.1) is 5.10 Å². The highest BCUT2D eigenvalue weighted by atomic mass is 15.5. The second kappa shape index (κ2) is 5.15. The first kappa shape index (κ1) is 13.0. The van der Waals surface area contributed by atoms with Gasteiger partial charge in [0.25, 0.3) is 0 Å². The summed E-state index contributed by atoms with van der Waals surface area (Å²) in [6, 6.07) is 6.30. The van der Waals surface area contributed by atoms with Crippen LogP contribution in [0.4, 0.5) is 11.9 Å². The van der Waals surface area contributed by atoms with E-state index in [4.69, 9.17) is 5.73 Å². The smallest absolute Gasteiger partial charge is 0.246 e. The van der Waals surface area contributed by atoms with Gasteiger partial charge in [-0.05, 0) is 56.4 Å². The Balaban J connectivity index is 1.95. The first-order valence-corrected chi connectivity index (χ1v) is 7.19. The molecule has 20 heavy (non-hydrogen) atoms. The van der Waals surface area contributed by atoms with Crippen LogP contribution in [0.15, 0.2) is 18.2 Å². The lowest BCUT2D eigenvalue weighted by Gasteiger charge is -2.24. The number of hydrogen-bond acceptors (Lipinski definition) is 4. The van der Waals surface area contributed by atoms with Crippen molar-refractivity contribution in [2.24, 2.45) is 0 Å². The van der Waals surface area contributed by atoms with E-state index in [1.54, 1.807) is 4.68 Å². The summed E-state index contributed by atoms with van der Waals surface area (Å²) >= 11 is 0. The van der Waals surface area contributed by atoms with E-state index < -0.39 is 0 Å². The Morgan fingerprint density at radius 2 is 1.65 bits per heavy atom. The third kappa shape index (κ3) is 2.48. The summed E-state index contributed by atoms with van der Waals surface area (Å²) in [6.07, 6.45) is 3.71. The number of anilines is 2. The first-order valence-electron chi connectivity index (χ1n) is 7.19. The van der Waals surface area contributed by atoms with E-state index in [1.165, 1.54) is 30.4 Å². The lowest BCUT2D eigenvalue weighted by molar-refractivity contribution is 0.568. The molecule has 2 aromatic rings. The molecule has 3 rings (SSSR count). The molecule has 1 aliphatic rings. The van der Waals surface area contributed by atoms with E-state index in [1.807, 2.05) is 0 Å². The van der Waals surface area contributed by atoms with Gasteiger partial charge in [0.1, 0.15) is 0 Å². The number of benzene rings is 1. The normalized spacial score (nSPS) is 15.6. The van der Waals surface area contributed by atoms with Crippen LogP contribution in [0.5, 0.6) is 0 Å². The zero-order valence-corrected chi connectivity index (χ0v) is 12.1. The molecule has 0 radical (unpaired) electrons. The number of nitrogens with zero attached hydrogens (tertiary/aromatic N) is 4. The standard InChI is InChI=1S/C15H21N5/c1-11-8-12(2)10-13(9-11)20-14(16)17-15(18-20)19-6-4-3-5-7-19/h8-10H,3-7H2,1-2H3,(H2,16,17,18). The van der Waals surface area contributed by atoms with E-state index in [0.29, 0.717) is 5.95 Å². The maximum Gasteiger partial charge on any atom is 0.246 e. The Hall–Kier alpha value is -2.04. The van der Waals surface area contributed by atoms with E-state index >= 15 is 0 Å². The highest BCUT2D eigenvalue weighted by Crippen LogP contribution is 2.21. The van der Waals surface area contributed by atoms with Crippen LogP contribution in [-0.2, 0) is 0 Å². The van der Waals surface area contributed by atoms with Crippen molar-refractivity contribution in [3.8, 4) is 5.69 Å². The van der Waals surface area contributed by atoms with Crippen molar-refractivity contribution in [2.45, 2.75) is 33.1 Å². The topological polar surface area (TPSA) is 60.0 Å². The lowest BCUT2D eigenvalue weighted by atomic mass is 10.1. The molecule has 2 heterocycles. The quantitative estimate of drug-likeness (QED) is 0.911. The molecule has 1 aromatic carbocycles. The van der Waals surface area contributed by atoms with Crippen molar-refractivity contribution >= 4 is 11.9 Å². The van der Waals surface area contributed by atoms with E-state index in [0.717, 1.165) is 24.7 Å². The molecule has 106 valence electrons. The molecule has 1 fully saturated rings. The van der Waals surface area contributed by atoms with Crippen LogP contribution in [0.2, 0.25) is 0 Å². The molecule has 0 atom stereocenters. The molecular formula is C15H21N5. The fourth-order valence-corrected chi connectivity index (χ4v) is 2.80. The summed E-state index contributed by atoms with van der Waals surface area (Å²) in [4.78, 5) is 6.65. The van der Waals surface area contributed by atoms with Crippen molar-refractivity contribution in [2.75, 3.05) is 23.7 Å². The second-order valence-corrected chi connectivity index (χ2v) is 5.58. The van der Waals surface area contributed by atoms with Crippen LogP contribution in [0.25, 0.3) is 5.69 Å². The fraction of sp³-hybridized carbons (Fsp3) is 0.467. The van der Waals surface area contributed by atoms with Gasteiger partial charge in [-0.3, -0.25) is 0 Å². The Bertz CT molecular complexity index is 590. The Morgan fingerprint density at radius 3 is 2.30 bits per heavy atom. The zero-order valence-electron chi connectivity index (χ0n) is 12.1. The maximum atomic E-state index is 6.04. The second-order valence-electron chi connectivity index (χ2n) is 5.58. The first-order chi connectivity index (χ1) is 9.63. The highest BCUT2D eigenvalue weighted by molar-refractivity contribution is 5.46. The number of rotatable bonds is 2. The predicted octanol–water partition coefficient (Wildman–Crippen LogP) is 2.46. The Kier molecular flexibility index (Phi) is 3.34. The van der Waals surface area contributed by atoms with Crippen molar-refractivity contribution in [1.29, 1.82) is 0 Å². The molecule has 0 amide bonds. The average Bonchev–Trinajstić information content (AvgIpc) is 2.81. The van der Waals surface area contributed by atoms with Gasteiger partial charge in [-0.25, -0.2) is 0 Å². The molecule has 1 aromatic heterocycles. The monoisotopic (exact) mass is 271 g/mol. The number of nitrogens with two attached hydrogens (primary N) is 1. The third-order valence-corrected chi connectivity index (χ3v) is 3.71. The summed E-state index contributed by atoms with van der Waals surface area (Å²) in [6.45, 7) is 6.21. The predicted molar refractivity (Wildman–Crippen MR) is 81.3 cm³/mol. The van der Waals surface area contributed by atoms with Crippen molar-refractivity contribution in [3.05, 3.63) is 29.3 Å². The summed E-state index contributed by atoms with van der Waals surface area (Å²) < 4.78 is 1.74. The SMILES string of the molecule is Cc1cc(C)cc(-n2nc(N3CCCCC3)nc2N)c1. The number of hydrogen-bond donors (Lipinski definition) is 1. The minimum absolute atomic E-state index is 0.454. The van der Waals surface area contributed by atoms with Crippen molar-refractivity contribution in [3.63, 3.8) is 0 Å². The highest BCUT2D eigenvalue weighted by Gasteiger charge is 2.17. The molecular weight excluding hydrogens is 250 g/mol. The molecule has 5 nitrogen and oxygen atoms in total. The largest absolute Gasteiger partial charge is 0.368 e. The molecule has 5 heteroatoms. The van der Waals surface area contributed by atoms with E-state index in [-0.39, 0.29) is 0 Å². The molecule has 0 bridgehead atoms. The Labute approximate surface area is 119 Å². The van der Waals surface area contributed by atoms with Crippen molar-refractivity contribution in [1.82, 2.24) is 14.8 Å². The van der Waals surface area contributed by atoms with Crippen LogP contribution < -0.4 is 10.6 Å². The summed E-state index contributed by atoms with van der Waals surface area (Å²) in [5.41, 5.74) is 9.43. The van der Waals surface area contributed by atoms with Crippen LogP contribution in [0.1, 0.15) is 30.4 Å². The minimum Gasteiger partial charge on any atom is -0.368 e. The van der Waals surface area contributed by atoms with Gasteiger partial charge >= 0.3 is 0 Å². The van der Waals surface area contributed by atoms with Crippen LogP contribution in [0.3, 0.4) is 0 Å². The summed E-state index contributed by atoms with van der Waals surface area (Å²) in [5.74, 6) is 1.21. The molecule has 0 spiro atoms. The zero-order chi connectivity index (χ0) is 14.1. The molecule has 1 aliphatic heterocycles. The number of aryl methyl sites for hydroxylation is 2. The summed E-state index contributed by atoms with van der Waals surface area (Å²) in [7, 11) is 0. The average molecular weight is 271 g/mol. The van der Waals surface area contributed by atoms with Crippen molar-refractivity contribution < 1.29 is 0 Å². The fourth-order valence-electron chi connectivity index (χ4n) is 2.80. The molecule has 1 saturated heterocycles. The number of aromatic nitrogens is 3. The van der Waals surface area contributed by atoms with Gasteiger partial charge in [0.15, 0.2) is 0 Å². The lowest BCUT2D eigenvalue weighted by Crippen LogP contribution is -2.30. The van der Waals surface area contributed by atoms with Crippen LogP contribution in [-0.4, -0.2) is 27.9 Å². The van der Waals surface area contributed by atoms with Gasteiger partial charge in [-0.2, -0.15) is 9.67 Å². The van der Waals surface area contributed by atoms with Crippen LogP contribution >= 0.6 is 0 Å².